The molecule has 3 nitrogen and oxygen atoms in total. The summed E-state index contributed by atoms with van der Waals surface area (Å²) in [6.07, 6.45) is 7.17. The van der Waals surface area contributed by atoms with Crippen molar-refractivity contribution in [2.24, 2.45) is 0 Å². The number of unbranched alkanes of at least 4 members (excludes halogenated alkanes) is 1. The number of rotatable bonds is 4. The first-order valence-electron chi connectivity index (χ1n) is 5.29. The Morgan fingerprint density at radius 1 is 1.38 bits per heavy atom. The smallest absolute Gasteiger partial charge is 0.188 e. The van der Waals surface area contributed by atoms with Crippen LogP contribution in [0.25, 0.3) is 10.9 Å². The highest BCUT2D eigenvalue weighted by molar-refractivity contribution is 5.84. The maximum absolute atomic E-state index is 10.3. The van der Waals surface area contributed by atoms with Gasteiger partial charge in [0.25, 0.3) is 0 Å². The lowest BCUT2D eigenvalue weighted by atomic mass is 10.1. The third-order valence-corrected chi connectivity index (χ3v) is 2.67. The van der Waals surface area contributed by atoms with Crippen molar-refractivity contribution >= 4 is 17.2 Å². The van der Waals surface area contributed by atoms with Crippen molar-refractivity contribution < 1.29 is 4.79 Å². The van der Waals surface area contributed by atoms with Crippen molar-refractivity contribution in [1.29, 1.82) is 5.26 Å². The quantitative estimate of drug-likeness (QED) is 0.577. The molecule has 0 amide bonds. The van der Waals surface area contributed by atoms with Crippen LogP contribution in [0.5, 0.6) is 0 Å². The molecule has 1 heterocycles. The number of hydrogen-bond donors (Lipinski definition) is 0. The molecule has 2 aromatic rings. The van der Waals surface area contributed by atoms with Crippen LogP contribution in [-0.2, 0) is 11.2 Å². The SMILES string of the molecule is N#Cn1cc(CCCC=O)c2ccccc21. The third kappa shape index (κ3) is 1.82. The largest absolute Gasteiger partial charge is 0.303 e. The Morgan fingerprint density at radius 3 is 2.94 bits per heavy atom. The summed E-state index contributed by atoms with van der Waals surface area (Å²) in [6.45, 7) is 0. The Balaban J connectivity index is 2.38. The van der Waals surface area contributed by atoms with Crippen LogP contribution in [0.2, 0.25) is 0 Å². The summed E-state index contributed by atoms with van der Waals surface area (Å²) in [4.78, 5) is 10.3. The molecule has 0 atom stereocenters. The van der Waals surface area contributed by atoms with Crippen LogP contribution in [0, 0.1) is 11.5 Å². The molecule has 0 saturated heterocycles. The van der Waals surface area contributed by atoms with Gasteiger partial charge in [-0.2, -0.15) is 5.26 Å². The zero-order valence-corrected chi connectivity index (χ0v) is 8.89. The number of fused-ring (bicyclic) bond motifs is 1. The minimum atomic E-state index is 0.575. The molecule has 0 aliphatic heterocycles. The number of nitriles is 1. The molecule has 1 aromatic heterocycles. The molecule has 2 rings (SSSR count). The number of aldehydes is 1. The lowest BCUT2D eigenvalue weighted by Crippen LogP contribution is -1.85. The van der Waals surface area contributed by atoms with E-state index in [2.05, 4.69) is 6.19 Å². The van der Waals surface area contributed by atoms with Gasteiger partial charge in [0.2, 0.25) is 0 Å². The number of carbonyl (C=O) groups is 1. The zero-order chi connectivity index (χ0) is 11.4. The summed E-state index contributed by atoms with van der Waals surface area (Å²) >= 11 is 0. The molecular formula is C13H12N2O. The van der Waals surface area contributed by atoms with Crippen LogP contribution < -0.4 is 0 Å². The summed E-state index contributed by atoms with van der Waals surface area (Å²) in [5, 5.41) is 10.1. The normalized spacial score (nSPS) is 10.2. The van der Waals surface area contributed by atoms with E-state index in [0.717, 1.165) is 35.6 Å². The predicted octanol–water partition coefficient (Wildman–Crippen LogP) is 2.49. The van der Waals surface area contributed by atoms with Gasteiger partial charge in [-0.05, 0) is 24.5 Å². The Kier molecular flexibility index (Phi) is 3.02. The van der Waals surface area contributed by atoms with E-state index < -0.39 is 0 Å². The highest BCUT2D eigenvalue weighted by Gasteiger charge is 2.06. The maximum atomic E-state index is 10.3. The van der Waals surface area contributed by atoms with E-state index >= 15 is 0 Å². The van der Waals surface area contributed by atoms with E-state index in [4.69, 9.17) is 5.26 Å². The van der Waals surface area contributed by atoms with E-state index in [9.17, 15) is 4.79 Å². The van der Waals surface area contributed by atoms with Gasteiger partial charge in [0, 0.05) is 18.0 Å². The first-order chi connectivity index (χ1) is 7.86. The van der Waals surface area contributed by atoms with Crippen LogP contribution in [0.1, 0.15) is 18.4 Å². The highest BCUT2D eigenvalue weighted by atomic mass is 16.1. The monoisotopic (exact) mass is 212 g/mol. The van der Waals surface area contributed by atoms with Gasteiger partial charge < -0.3 is 4.79 Å². The van der Waals surface area contributed by atoms with Crippen LogP contribution in [0.4, 0.5) is 0 Å². The molecule has 0 aliphatic rings. The van der Waals surface area contributed by atoms with Gasteiger partial charge in [-0.25, -0.2) is 0 Å². The molecule has 3 heteroatoms. The molecule has 80 valence electrons. The number of para-hydroxylation sites is 1. The van der Waals surface area contributed by atoms with Crippen molar-refractivity contribution in [2.75, 3.05) is 0 Å². The van der Waals surface area contributed by atoms with Crippen molar-refractivity contribution in [2.45, 2.75) is 19.3 Å². The molecule has 0 unspecified atom stereocenters. The van der Waals surface area contributed by atoms with Crippen LogP contribution in [-0.4, -0.2) is 10.9 Å². The molecule has 0 fully saturated rings. The fourth-order valence-electron chi connectivity index (χ4n) is 1.91. The van der Waals surface area contributed by atoms with Gasteiger partial charge in [0.15, 0.2) is 6.19 Å². The molecule has 0 N–H and O–H groups in total. The second-order valence-electron chi connectivity index (χ2n) is 3.70. The van der Waals surface area contributed by atoms with Gasteiger partial charge in [-0.3, -0.25) is 4.57 Å². The minimum absolute atomic E-state index is 0.575. The highest BCUT2D eigenvalue weighted by Crippen LogP contribution is 2.21. The molecule has 16 heavy (non-hydrogen) atoms. The first-order valence-corrected chi connectivity index (χ1v) is 5.29. The fraction of sp³-hybridized carbons (Fsp3) is 0.231. The average Bonchev–Trinajstić information content (AvgIpc) is 2.68. The molecule has 0 bridgehead atoms. The molecular weight excluding hydrogens is 200 g/mol. The lowest BCUT2D eigenvalue weighted by Gasteiger charge is -1.95. The number of aromatic nitrogens is 1. The Bertz CT molecular complexity index is 549. The molecule has 0 aliphatic carbocycles. The van der Waals surface area contributed by atoms with Crippen molar-refractivity contribution in [3.05, 3.63) is 36.0 Å². The van der Waals surface area contributed by atoms with Gasteiger partial charge in [0.1, 0.15) is 6.29 Å². The summed E-state index contributed by atoms with van der Waals surface area (Å²) < 4.78 is 1.57. The maximum Gasteiger partial charge on any atom is 0.188 e. The predicted molar refractivity (Wildman–Crippen MR) is 62.0 cm³/mol. The summed E-state index contributed by atoms with van der Waals surface area (Å²) in [7, 11) is 0. The van der Waals surface area contributed by atoms with E-state index in [1.165, 1.54) is 0 Å². The van der Waals surface area contributed by atoms with Gasteiger partial charge in [-0.1, -0.05) is 18.2 Å². The van der Waals surface area contributed by atoms with E-state index in [0.29, 0.717) is 6.42 Å². The van der Waals surface area contributed by atoms with Crippen molar-refractivity contribution in [1.82, 2.24) is 4.57 Å². The van der Waals surface area contributed by atoms with E-state index in [-0.39, 0.29) is 0 Å². The number of hydrogen-bond acceptors (Lipinski definition) is 2. The summed E-state index contributed by atoms with van der Waals surface area (Å²) in [5.41, 5.74) is 2.07. The van der Waals surface area contributed by atoms with Crippen molar-refractivity contribution in [3.63, 3.8) is 0 Å². The van der Waals surface area contributed by atoms with Crippen molar-refractivity contribution in [3.8, 4) is 6.19 Å². The Morgan fingerprint density at radius 2 is 2.19 bits per heavy atom. The molecule has 0 spiro atoms. The van der Waals surface area contributed by atoms with Gasteiger partial charge in [-0.15, -0.1) is 0 Å². The minimum Gasteiger partial charge on any atom is -0.303 e. The second kappa shape index (κ2) is 4.63. The Hall–Kier alpha value is -2.08. The first kappa shape index (κ1) is 10.4. The standard InChI is InChI=1S/C13H12N2O/c14-10-15-9-11(5-3-4-8-16)12-6-1-2-7-13(12)15/h1-2,6-9H,3-5H2. The molecule has 1 aromatic carbocycles. The molecule has 0 radical (unpaired) electrons. The topological polar surface area (TPSA) is 45.8 Å². The van der Waals surface area contributed by atoms with Crippen LogP contribution in [0.3, 0.4) is 0 Å². The van der Waals surface area contributed by atoms with Crippen LogP contribution >= 0.6 is 0 Å². The second-order valence-corrected chi connectivity index (χ2v) is 3.70. The number of carbonyl (C=O) groups excluding carboxylic acids is 1. The summed E-state index contributed by atoms with van der Waals surface area (Å²) in [6, 6.07) is 7.83. The summed E-state index contributed by atoms with van der Waals surface area (Å²) in [5.74, 6) is 0. The van der Waals surface area contributed by atoms with E-state index in [1.807, 2.05) is 30.5 Å². The lowest BCUT2D eigenvalue weighted by molar-refractivity contribution is -0.107. The third-order valence-electron chi connectivity index (χ3n) is 2.67. The zero-order valence-electron chi connectivity index (χ0n) is 8.89. The number of benzene rings is 1. The average molecular weight is 212 g/mol. The number of aryl methyl sites for hydroxylation is 1. The molecule has 0 saturated carbocycles. The number of nitrogens with zero attached hydrogens (tertiary/aromatic N) is 2. The van der Waals surface area contributed by atoms with E-state index in [1.54, 1.807) is 4.57 Å². The Labute approximate surface area is 93.9 Å². The van der Waals surface area contributed by atoms with Crippen LogP contribution in [0.15, 0.2) is 30.5 Å². The van der Waals surface area contributed by atoms with Gasteiger partial charge in [0.05, 0.1) is 5.52 Å². The van der Waals surface area contributed by atoms with Gasteiger partial charge >= 0.3 is 0 Å². The fourth-order valence-corrected chi connectivity index (χ4v) is 1.91.